The van der Waals surface area contributed by atoms with E-state index < -0.39 is 11.4 Å². The van der Waals surface area contributed by atoms with Gasteiger partial charge in [-0.25, -0.2) is 9.98 Å². The number of para-hydroxylation sites is 1. The van der Waals surface area contributed by atoms with Crippen LogP contribution in [0, 0.1) is 5.92 Å². The molecule has 1 atom stereocenters. The van der Waals surface area contributed by atoms with Gasteiger partial charge in [0.2, 0.25) is 5.75 Å². The lowest BCUT2D eigenvalue weighted by atomic mass is 9.89. The molecule has 0 aliphatic carbocycles. The summed E-state index contributed by atoms with van der Waals surface area (Å²) in [7, 11) is 4.51. The summed E-state index contributed by atoms with van der Waals surface area (Å²) in [6.45, 7) is 5.63. The SMILES string of the molecule is COc1cc(NC(=O)c2cc3ccccc3nc2C2=N[C@](C)(C(C)C)C(=O)N2)cc(OC)c1OC. The topological polar surface area (TPSA) is 111 Å². The quantitative estimate of drug-likeness (QED) is 0.537. The number of anilines is 1. The Hall–Kier alpha value is -4.14. The Bertz CT molecular complexity index is 1330. The van der Waals surface area contributed by atoms with Crippen LogP contribution < -0.4 is 24.8 Å². The molecule has 0 saturated carbocycles. The minimum atomic E-state index is -0.951. The van der Waals surface area contributed by atoms with Gasteiger partial charge in [-0.15, -0.1) is 0 Å². The van der Waals surface area contributed by atoms with Crippen LogP contribution in [0.3, 0.4) is 0 Å². The van der Waals surface area contributed by atoms with Gasteiger partial charge >= 0.3 is 0 Å². The molecule has 182 valence electrons. The molecule has 0 radical (unpaired) electrons. The molecular formula is C26H28N4O5. The lowest BCUT2D eigenvalue weighted by molar-refractivity contribution is -0.124. The van der Waals surface area contributed by atoms with Gasteiger partial charge in [-0.1, -0.05) is 32.0 Å². The number of hydrogen-bond acceptors (Lipinski definition) is 7. The maximum Gasteiger partial charge on any atom is 0.258 e. The molecule has 1 aliphatic rings. The van der Waals surface area contributed by atoms with Crippen molar-refractivity contribution in [2.45, 2.75) is 26.3 Å². The molecule has 2 amide bonds. The molecule has 9 nitrogen and oxygen atoms in total. The molecular weight excluding hydrogens is 448 g/mol. The Kier molecular flexibility index (Phi) is 6.34. The number of ether oxygens (including phenoxy) is 3. The first kappa shape index (κ1) is 24.0. The van der Waals surface area contributed by atoms with Crippen LogP contribution >= 0.6 is 0 Å². The number of amides is 2. The lowest BCUT2D eigenvalue weighted by Crippen LogP contribution is -2.41. The summed E-state index contributed by atoms with van der Waals surface area (Å²) < 4.78 is 16.1. The highest BCUT2D eigenvalue weighted by Crippen LogP contribution is 2.40. The molecule has 0 unspecified atom stereocenters. The number of benzene rings is 2. The second kappa shape index (κ2) is 9.25. The standard InChI is InChI=1S/C26H28N4O5/c1-14(2)26(3)25(32)29-23(30-26)21-17(11-15-9-7-8-10-18(15)28-21)24(31)27-16-12-19(33-4)22(35-6)20(13-16)34-5/h7-14H,1-6H3,(H,27,31)(H,29,30,32)/t26-/m1/s1. The van der Waals surface area contributed by atoms with Gasteiger partial charge in [0, 0.05) is 23.2 Å². The van der Waals surface area contributed by atoms with Gasteiger partial charge in [-0.3, -0.25) is 9.59 Å². The fourth-order valence-electron chi connectivity index (χ4n) is 3.87. The molecule has 1 aromatic heterocycles. The highest BCUT2D eigenvalue weighted by atomic mass is 16.5. The molecule has 0 spiro atoms. The van der Waals surface area contributed by atoms with E-state index in [4.69, 9.17) is 19.2 Å². The van der Waals surface area contributed by atoms with Gasteiger partial charge in [0.15, 0.2) is 17.3 Å². The van der Waals surface area contributed by atoms with Crippen LogP contribution in [-0.4, -0.2) is 49.5 Å². The van der Waals surface area contributed by atoms with E-state index in [9.17, 15) is 9.59 Å². The summed E-state index contributed by atoms with van der Waals surface area (Å²) in [5.41, 5.74) is 0.735. The average Bonchev–Trinajstić information content (AvgIpc) is 3.17. The van der Waals surface area contributed by atoms with Crippen LogP contribution in [0.1, 0.15) is 36.8 Å². The number of carbonyl (C=O) groups excluding carboxylic acids is 2. The number of carbonyl (C=O) groups is 2. The van der Waals surface area contributed by atoms with Crippen LogP contribution in [0.15, 0.2) is 47.5 Å². The fourth-order valence-corrected chi connectivity index (χ4v) is 3.87. The number of nitrogens with one attached hydrogen (secondary N) is 2. The molecule has 0 fully saturated rings. The number of amidine groups is 1. The third-order valence-electron chi connectivity index (χ3n) is 6.28. The normalized spacial score (nSPS) is 17.2. The van der Waals surface area contributed by atoms with Gasteiger partial charge in [-0.05, 0) is 25.0 Å². The summed E-state index contributed by atoms with van der Waals surface area (Å²) in [6, 6.07) is 12.5. The molecule has 4 rings (SSSR count). The van der Waals surface area contributed by atoms with E-state index in [-0.39, 0.29) is 23.2 Å². The van der Waals surface area contributed by atoms with Crippen molar-refractivity contribution in [3.8, 4) is 17.2 Å². The van der Waals surface area contributed by atoms with Crippen molar-refractivity contribution in [2.24, 2.45) is 10.9 Å². The second-order valence-corrected chi connectivity index (χ2v) is 8.66. The van der Waals surface area contributed by atoms with Crippen molar-refractivity contribution >= 4 is 34.2 Å². The molecule has 2 heterocycles. The molecule has 2 N–H and O–H groups in total. The van der Waals surface area contributed by atoms with Crippen molar-refractivity contribution in [1.29, 1.82) is 0 Å². The van der Waals surface area contributed by atoms with Crippen molar-refractivity contribution in [2.75, 3.05) is 26.6 Å². The number of pyridine rings is 1. The van der Waals surface area contributed by atoms with E-state index in [0.29, 0.717) is 34.1 Å². The maximum atomic E-state index is 13.5. The van der Waals surface area contributed by atoms with Crippen molar-refractivity contribution in [3.63, 3.8) is 0 Å². The fraction of sp³-hybridized carbons (Fsp3) is 0.308. The molecule has 2 aromatic carbocycles. The summed E-state index contributed by atoms with van der Waals surface area (Å²) in [5, 5.41) is 6.49. The van der Waals surface area contributed by atoms with Crippen molar-refractivity contribution in [1.82, 2.24) is 10.3 Å². The first-order valence-corrected chi connectivity index (χ1v) is 11.1. The first-order valence-electron chi connectivity index (χ1n) is 11.1. The average molecular weight is 477 g/mol. The predicted octanol–water partition coefficient (Wildman–Crippen LogP) is 3.80. The smallest absolute Gasteiger partial charge is 0.258 e. The highest BCUT2D eigenvalue weighted by Gasteiger charge is 2.43. The largest absolute Gasteiger partial charge is 0.493 e. The second-order valence-electron chi connectivity index (χ2n) is 8.66. The Balaban J connectivity index is 1.81. The summed E-state index contributed by atoms with van der Waals surface area (Å²) in [5.74, 6) is 0.787. The van der Waals surface area contributed by atoms with E-state index in [1.165, 1.54) is 21.3 Å². The van der Waals surface area contributed by atoms with E-state index in [1.54, 1.807) is 25.1 Å². The number of hydrogen-bond donors (Lipinski definition) is 2. The van der Waals surface area contributed by atoms with Crippen molar-refractivity contribution in [3.05, 3.63) is 53.7 Å². The van der Waals surface area contributed by atoms with Gasteiger partial charge < -0.3 is 24.8 Å². The number of aliphatic imine (C=N–C) groups is 1. The van der Waals surface area contributed by atoms with Crippen LogP contribution in [0.2, 0.25) is 0 Å². The van der Waals surface area contributed by atoms with E-state index in [0.717, 1.165) is 5.39 Å². The summed E-state index contributed by atoms with van der Waals surface area (Å²) in [6.07, 6.45) is 0. The number of aromatic nitrogens is 1. The molecule has 0 saturated heterocycles. The number of methoxy groups -OCH3 is 3. The number of rotatable bonds is 7. The molecule has 9 heteroatoms. The van der Waals surface area contributed by atoms with Crippen molar-refractivity contribution < 1.29 is 23.8 Å². The minimum Gasteiger partial charge on any atom is -0.493 e. The van der Waals surface area contributed by atoms with Crippen LogP contribution in [0.5, 0.6) is 17.2 Å². The Labute approximate surface area is 203 Å². The van der Waals surface area contributed by atoms with Gasteiger partial charge in [0.25, 0.3) is 11.8 Å². The van der Waals surface area contributed by atoms with Crippen LogP contribution in [-0.2, 0) is 4.79 Å². The highest BCUT2D eigenvalue weighted by molar-refractivity contribution is 6.20. The monoisotopic (exact) mass is 476 g/mol. The lowest BCUT2D eigenvalue weighted by Gasteiger charge is -2.21. The minimum absolute atomic E-state index is 0.0445. The van der Waals surface area contributed by atoms with Gasteiger partial charge in [0.05, 0.1) is 32.4 Å². The third kappa shape index (κ3) is 4.25. The van der Waals surface area contributed by atoms with Crippen LogP contribution in [0.4, 0.5) is 5.69 Å². The number of nitrogens with zero attached hydrogens (tertiary/aromatic N) is 2. The maximum absolute atomic E-state index is 13.5. The zero-order chi connectivity index (χ0) is 25.3. The van der Waals surface area contributed by atoms with Crippen LogP contribution in [0.25, 0.3) is 10.9 Å². The zero-order valence-corrected chi connectivity index (χ0v) is 20.6. The third-order valence-corrected chi connectivity index (χ3v) is 6.28. The first-order chi connectivity index (χ1) is 16.7. The Morgan fingerprint density at radius 1 is 1.03 bits per heavy atom. The Morgan fingerprint density at radius 2 is 1.69 bits per heavy atom. The van der Waals surface area contributed by atoms with E-state index in [1.807, 2.05) is 38.1 Å². The molecule has 35 heavy (non-hydrogen) atoms. The predicted molar refractivity (Wildman–Crippen MR) is 134 cm³/mol. The van der Waals surface area contributed by atoms with E-state index >= 15 is 0 Å². The summed E-state index contributed by atoms with van der Waals surface area (Å²) in [4.78, 5) is 35.7. The van der Waals surface area contributed by atoms with Gasteiger partial charge in [-0.2, -0.15) is 0 Å². The van der Waals surface area contributed by atoms with E-state index in [2.05, 4.69) is 15.6 Å². The molecule has 3 aromatic rings. The zero-order valence-electron chi connectivity index (χ0n) is 20.6. The molecule has 0 bridgehead atoms. The molecule has 1 aliphatic heterocycles. The van der Waals surface area contributed by atoms with Gasteiger partial charge in [0.1, 0.15) is 11.2 Å². The summed E-state index contributed by atoms with van der Waals surface area (Å²) >= 11 is 0. The Morgan fingerprint density at radius 3 is 2.26 bits per heavy atom. The number of fused-ring (bicyclic) bond motifs is 1.